The van der Waals surface area contributed by atoms with Crippen molar-refractivity contribution in [1.29, 1.82) is 0 Å². The van der Waals surface area contributed by atoms with Crippen LogP contribution in [0.5, 0.6) is 0 Å². The highest BCUT2D eigenvalue weighted by Crippen LogP contribution is 2.06. The normalized spacial score (nSPS) is 11.8. The zero-order chi connectivity index (χ0) is 17.4. The molecule has 0 aromatic heterocycles. The van der Waals surface area contributed by atoms with E-state index in [0.717, 1.165) is 11.1 Å². The summed E-state index contributed by atoms with van der Waals surface area (Å²) >= 11 is 0. The van der Waals surface area contributed by atoms with Crippen molar-refractivity contribution in [2.24, 2.45) is 0 Å². The molecular weight excluding hydrogens is 327 g/mol. The van der Waals surface area contributed by atoms with E-state index >= 15 is 0 Å². The van der Waals surface area contributed by atoms with Gasteiger partial charge in [0.2, 0.25) is 0 Å². The summed E-state index contributed by atoms with van der Waals surface area (Å²) in [5.41, 5.74) is 1.87. The molecule has 0 fully saturated rings. The van der Waals surface area contributed by atoms with Gasteiger partial charge in [0.05, 0.1) is 0 Å². The van der Waals surface area contributed by atoms with Crippen molar-refractivity contribution in [3.05, 3.63) is 71.5 Å². The van der Waals surface area contributed by atoms with Gasteiger partial charge in [-0.25, -0.2) is 9.18 Å². The quantitative estimate of drug-likeness (QED) is 0.836. The monoisotopic (exact) mass is 348 g/mol. The zero-order valence-electron chi connectivity index (χ0n) is 13.6. The SMILES string of the molecule is CN(Cc1ccc(F)cc1)C(=O)NCCS(=O)Cc1ccccc1. The van der Waals surface area contributed by atoms with Crippen molar-refractivity contribution in [2.45, 2.75) is 12.3 Å². The van der Waals surface area contributed by atoms with Crippen molar-refractivity contribution in [2.75, 3.05) is 19.3 Å². The lowest BCUT2D eigenvalue weighted by molar-refractivity contribution is 0.207. The van der Waals surface area contributed by atoms with E-state index in [4.69, 9.17) is 0 Å². The lowest BCUT2D eigenvalue weighted by Crippen LogP contribution is -2.38. The molecule has 1 unspecified atom stereocenters. The number of carbonyl (C=O) groups excluding carboxylic acids is 1. The molecule has 0 bridgehead atoms. The molecule has 24 heavy (non-hydrogen) atoms. The minimum Gasteiger partial charge on any atom is -0.337 e. The Balaban J connectivity index is 1.70. The summed E-state index contributed by atoms with van der Waals surface area (Å²) in [6, 6.07) is 15.4. The molecule has 0 aliphatic carbocycles. The Morgan fingerprint density at radius 2 is 1.75 bits per heavy atom. The second-order valence-corrected chi connectivity index (χ2v) is 7.06. The highest BCUT2D eigenvalue weighted by molar-refractivity contribution is 7.84. The van der Waals surface area contributed by atoms with Crippen molar-refractivity contribution in [1.82, 2.24) is 10.2 Å². The molecule has 0 saturated carbocycles. The maximum absolute atomic E-state index is 12.9. The molecule has 0 radical (unpaired) electrons. The van der Waals surface area contributed by atoms with Crippen LogP contribution in [-0.4, -0.2) is 34.5 Å². The first-order valence-electron chi connectivity index (χ1n) is 7.67. The average molecular weight is 348 g/mol. The number of rotatable bonds is 7. The second-order valence-electron chi connectivity index (χ2n) is 5.49. The summed E-state index contributed by atoms with van der Waals surface area (Å²) < 4.78 is 24.9. The molecule has 4 nitrogen and oxygen atoms in total. The van der Waals surface area contributed by atoms with E-state index in [1.165, 1.54) is 17.0 Å². The van der Waals surface area contributed by atoms with Gasteiger partial charge in [-0.15, -0.1) is 0 Å². The van der Waals surface area contributed by atoms with Gasteiger partial charge in [0.1, 0.15) is 5.82 Å². The van der Waals surface area contributed by atoms with Gasteiger partial charge < -0.3 is 10.2 Å². The molecule has 128 valence electrons. The van der Waals surface area contributed by atoms with Crippen LogP contribution in [0.1, 0.15) is 11.1 Å². The number of hydrogen-bond acceptors (Lipinski definition) is 2. The summed E-state index contributed by atoms with van der Waals surface area (Å²) in [4.78, 5) is 13.5. The number of halogens is 1. The smallest absolute Gasteiger partial charge is 0.317 e. The molecular formula is C18H21FN2O2S. The molecule has 0 saturated heterocycles. The van der Waals surface area contributed by atoms with Crippen molar-refractivity contribution >= 4 is 16.8 Å². The predicted molar refractivity (Wildman–Crippen MR) is 94.4 cm³/mol. The summed E-state index contributed by atoms with van der Waals surface area (Å²) in [7, 11) is 0.650. The highest BCUT2D eigenvalue weighted by atomic mass is 32.2. The van der Waals surface area contributed by atoms with E-state index < -0.39 is 10.8 Å². The van der Waals surface area contributed by atoms with Gasteiger partial charge >= 0.3 is 6.03 Å². The second kappa shape index (κ2) is 9.17. The Morgan fingerprint density at radius 3 is 2.42 bits per heavy atom. The summed E-state index contributed by atoms with van der Waals surface area (Å²) in [5, 5.41) is 2.75. The van der Waals surface area contributed by atoms with Crippen molar-refractivity contribution in [3.63, 3.8) is 0 Å². The fourth-order valence-electron chi connectivity index (χ4n) is 2.17. The number of urea groups is 1. The van der Waals surface area contributed by atoms with Gasteiger partial charge in [-0.3, -0.25) is 4.21 Å². The number of amides is 2. The number of nitrogens with zero attached hydrogens (tertiary/aromatic N) is 1. The van der Waals surface area contributed by atoms with Gasteiger partial charge in [-0.05, 0) is 23.3 Å². The molecule has 2 aromatic rings. The molecule has 0 aliphatic rings. The summed E-state index contributed by atoms with van der Waals surface area (Å²) in [5.74, 6) is 0.597. The lowest BCUT2D eigenvalue weighted by Gasteiger charge is -2.18. The van der Waals surface area contributed by atoms with Crippen LogP contribution in [0, 0.1) is 5.82 Å². The Labute approximate surface area is 144 Å². The van der Waals surface area contributed by atoms with Crippen LogP contribution in [0.2, 0.25) is 0 Å². The Hall–Kier alpha value is -2.21. The Kier molecular flexibility index (Phi) is 6.93. The first-order valence-corrected chi connectivity index (χ1v) is 9.15. The molecule has 0 spiro atoms. The van der Waals surface area contributed by atoms with Crippen LogP contribution in [-0.2, 0) is 23.1 Å². The van der Waals surface area contributed by atoms with E-state index in [9.17, 15) is 13.4 Å². The number of carbonyl (C=O) groups is 1. The highest BCUT2D eigenvalue weighted by Gasteiger charge is 2.09. The molecule has 1 N–H and O–H groups in total. The third kappa shape index (κ3) is 6.12. The summed E-state index contributed by atoms with van der Waals surface area (Å²) in [6.45, 7) is 0.741. The maximum atomic E-state index is 12.9. The first kappa shape index (κ1) is 18.1. The van der Waals surface area contributed by atoms with Crippen LogP contribution in [0.15, 0.2) is 54.6 Å². The number of hydrogen-bond donors (Lipinski definition) is 1. The van der Waals surface area contributed by atoms with Crippen molar-refractivity contribution < 1.29 is 13.4 Å². The van der Waals surface area contributed by atoms with Crippen LogP contribution >= 0.6 is 0 Å². The topological polar surface area (TPSA) is 49.4 Å². The van der Waals surface area contributed by atoms with Crippen LogP contribution in [0.4, 0.5) is 9.18 Å². The van der Waals surface area contributed by atoms with E-state index in [1.807, 2.05) is 30.3 Å². The molecule has 0 aliphatic heterocycles. The predicted octanol–water partition coefficient (Wildman–Crippen LogP) is 2.92. The zero-order valence-corrected chi connectivity index (χ0v) is 14.4. The van der Waals surface area contributed by atoms with E-state index in [-0.39, 0.29) is 11.8 Å². The average Bonchev–Trinajstić information content (AvgIpc) is 2.57. The molecule has 1 atom stereocenters. The molecule has 2 amide bonds. The van der Waals surface area contributed by atoms with Gasteiger partial charge in [0.15, 0.2) is 0 Å². The number of benzene rings is 2. The largest absolute Gasteiger partial charge is 0.337 e. The van der Waals surface area contributed by atoms with Crippen molar-refractivity contribution in [3.8, 4) is 0 Å². The standard InChI is InChI=1S/C18H21FN2O2S/c1-21(13-15-7-9-17(19)10-8-15)18(22)20-11-12-24(23)14-16-5-3-2-4-6-16/h2-10H,11-14H2,1H3,(H,20,22). The molecule has 0 heterocycles. The Morgan fingerprint density at radius 1 is 1.08 bits per heavy atom. The fraction of sp³-hybridized carbons (Fsp3) is 0.278. The maximum Gasteiger partial charge on any atom is 0.317 e. The van der Waals surface area contributed by atoms with Crippen LogP contribution < -0.4 is 5.32 Å². The first-order chi connectivity index (χ1) is 11.5. The van der Waals surface area contributed by atoms with Gasteiger partial charge in [0.25, 0.3) is 0 Å². The Bertz CT molecular complexity index is 677. The van der Waals surface area contributed by atoms with E-state index in [2.05, 4.69) is 5.32 Å². The lowest BCUT2D eigenvalue weighted by atomic mass is 10.2. The molecule has 2 rings (SSSR count). The van der Waals surface area contributed by atoms with E-state index in [0.29, 0.717) is 24.6 Å². The van der Waals surface area contributed by atoms with E-state index in [1.54, 1.807) is 19.2 Å². The fourth-order valence-corrected chi connectivity index (χ4v) is 3.21. The summed E-state index contributed by atoms with van der Waals surface area (Å²) in [6.07, 6.45) is 0. The third-order valence-electron chi connectivity index (χ3n) is 3.46. The number of nitrogens with one attached hydrogen (secondary N) is 1. The van der Waals surface area contributed by atoms with Crippen LogP contribution in [0.25, 0.3) is 0 Å². The minimum atomic E-state index is -1.02. The van der Waals surface area contributed by atoms with Gasteiger partial charge in [0, 0.05) is 42.4 Å². The molecule has 2 aromatic carbocycles. The van der Waals surface area contributed by atoms with Gasteiger partial charge in [-0.1, -0.05) is 42.5 Å². The minimum absolute atomic E-state index is 0.240. The third-order valence-corrected chi connectivity index (χ3v) is 4.77. The van der Waals surface area contributed by atoms with Gasteiger partial charge in [-0.2, -0.15) is 0 Å². The molecule has 6 heteroatoms. The van der Waals surface area contributed by atoms with Crippen LogP contribution in [0.3, 0.4) is 0 Å².